The van der Waals surface area contributed by atoms with Gasteiger partial charge < -0.3 is 15.7 Å². The van der Waals surface area contributed by atoms with Crippen molar-refractivity contribution in [3.05, 3.63) is 42.0 Å². The number of halogens is 1. The Kier molecular flexibility index (Phi) is 4.31. The lowest BCUT2D eigenvalue weighted by atomic mass is 10.2. The summed E-state index contributed by atoms with van der Waals surface area (Å²) in [5.41, 5.74) is 1.14. The number of aromatic amines is 1. The second-order valence-electron chi connectivity index (χ2n) is 4.34. The van der Waals surface area contributed by atoms with Crippen LogP contribution in [0.5, 0.6) is 0 Å². The second kappa shape index (κ2) is 6.16. The van der Waals surface area contributed by atoms with Gasteiger partial charge in [0.15, 0.2) is 5.69 Å². The number of nitrogens with zero attached hydrogens (tertiary/aromatic N) is 1. The Labute approximate surface area is 115 Å². The quantitative estimate of drug-likeness (QED) is 0.668. The fourth-order valence-electron chi connectivity index (χ4n) is 1.61. The number of aliphatic hydroxyl groups excluding tert-OH is 1. The van der Waals surface area contributed by atoms with Gasteiger partial charge in [0.2, 0.25) is 0 Å². The number of hydrogen-bond acceptors (Lipinski definition) is 4. The van der Waals surface area contributed by atoms with E-state index in [2.05, 4.69) is 20.8 Å². The summed E-state index contributed by atoms with van der Waals surface area (Å²) in [6.45, 7) is 1.71. The summed E-state index contributed by atoms with van der Waals surface area (Å²) < 4.78 is 12.8. The summed E-state index contributed by atoms with van der Waals surface area (Å²) in [4.78, 5) is 12.1. The standard InChI is InChI=1S/C13H15FN4O2/c1-8(7-19)16-11-6-15-18-12(11)13(20)17-10-4-2-9(14)3-5-10/h2-6,8,16,19H,7H2,1H3,(H,15,18)(H,17,20). The summed E-state index contributed by atoms with van der Waals surface area (Å²) in [6.07, 6.45) is 1.53. The zero-order valence-corrected chi connectivity index (χ0v) is 10.9. The summed E-state index contributed by atoms with van der Waals surface area (Å²) in [5, 5.41) is 21.0. The van der Waals surface area contributed by atoms with Gasteiger partial charge in [-0.1, -0.05) is 0 Å². The van der Waals surface area contributed by atoms with Crippen molar-refractivity contribution in [3.63, 3.8) is 0 Å². The molecule has 20 heavy (non-hydrogen) atoms. The van der Waals surface area contributed by atoms with Gasteiger partial charge in [-0.25, -0.2) is 4.39 Å². The van der Waals surface area contributed by atoms with Crippen molar-refractivity contribution >= 4 is 17.3 Å². The van der Waals surface area contributed by atoms with Crippen molar-refractivity contribution in [2.45, 2.75) is 13.0 Å². The van der Waals surface area contributed by atoms with Crippen LogP contribution in [0.2, 0.25) is 0 Å². The van der Waals surface area contributed by atoms with Gasteiger partial charge in [-0.05, 0) is 31.2 Å². The molecule has 0 fully saturated rings. The van der Waals surface area contributed by atoms with Crippen molar-refractivity contribution < 1.29 is 14.3 Å². The molecule has 0 radical (unpaired) electrons. The lowest BCUT2D eigenvalue weighted by Gasteiger charge is -2.11. The normalized spacial score (nSPS) is 11.9. The number of aliphatic hydroxyl groups is 1. The second-order valence-corrected chi connectivity index (χ2v) is 4.34. The molecule has 0 aliphatic carbocycles. The Morgan fingerprint density at radius 2 is 2.15 bits per heavy atom. The van der Waals surface area contributed by atoms with Crippen LogP contribution in [0.1, 0.15) is 17.4 Å². The minimum Gasteiger partial charge on any atom is -0.394 e. The predicted molar refractivity (Wildman–Crippen MR) is 73.1 cm³/mol. The summed E-state index contributed by atoms with van der Waals surface area (Å²) in [5.74, 6) is -0.799. The molecular formula is C13H15FN4O2. The highest BCUT2D eigenvalue weighted by molar-refractivity contribution is 6.06. The van der Waals surface area contributed by atoms with Crippen LogP contribution in [0.4, 0.5) is 15.8 Å². The van der Waals surface area contributed by atoms with E-state index in [-0.39, 0.29) is 24.2 Å². The van der Waals surface area contributed by atoms with Crippen LogP contribution in [0.3, 0.4) is 0 Å². The third kappa shape index (κ3) is 3.33. The van der Waals surface area contributed by atoms with E-state index in [0.29, 0.717) is 11.4 Å². The Balaban J connectivity index is 2.09. The molecule has 1 unspecified atom stereocenters. The highest BCUT2D eigenvalue weighted by atomic mass is 19.1. The van der Waals surface area contributed by atoms with Crippen LogP contribution in [-0.2, 0) is 0 Å². The topological polar surface area (TPSA) is 90.0 Å². The average molecular weight is 278 g/mol. The van der Waals surface area contributed by atoms with Crippen LogP contribution in [0.15, 0.2) is 30.5 Å². The first kappa shape index (κ1) is 14.0. The number of anilines is 2. The molecule has 1 aromatic heterocycles. The van der Waals surface area contributed by atoms with Crippen LogP contribution >= 0.6 is 0 Å². The van der Waals surface area contributed by atoms with Crippen LogP contribution < -0.4 is 10.6 Å². The van der Waals surface area contributed by atoms with E-state index in [9.17, 15) is 9.18 Å². The van der Waals surface area contributed by atoms with Gasteiger partial charge in [-0.2, -0.15) is 5.10 Å². The molecule has 0 saturated heterocycles. The number of hydrogen-bond donors (Lipinski definition) is 4. The number of H-pyrrole nitrogens is 1. The summed E-state index contributed by atoms with van der Waals surface area (Å²) >= 11 is 0. The molecule has 1 heterocycles. The monoisotopic (exact) mass is 278 g/mol. The number of amides is 1. The van der Waals surface area contributed by atoms with Gasteiger partial charge in [0.05, 0.1) is 12.3 Å². The number of benzene rings is 1. The fourth-order valence-corrected chi connectivity index (χ4v) is 1.61. The molecule has 0 saturated carbocycles. The SMILES string of the molecule is CC(CO)Nc1c[nH]nc1C(=O)Nc1ccc(F)cc1. The van der Waals surface area contributed by atoms with E-state index < -0.39 is 5.91 Å². The Hall–Kier alpha value is -2.41. The molecule has 6 nitrogen and oxygen atoms in total. The van der Waals surface area contributed by atoms with E-state index in [0.717, 1.165) is 0 Å². The molecule has 0 bridgehead atoms. The van der Waals surface area contributed by atoms with Crippen molar-refractivity contribution in [2.24, 2.45) is 0 Å². The number of aromatic nitrogens is 2. The zero-order valence-electron chi connectivity index (χ0n) is 10.9. The molecule has 0 aliphatic rings. The minimum atomic E-state index is -0.425. The van der Waals surface area contributed by atoms with Gasteiger partial charge in [-0.3, -0.25) is 9.89 Å². The number of rotatable bonds is 5. The van der Waals surface area contributed by atoms with Gasteiger partial charge in [0, 0.05) is 17.9 Å². The minimum absolute atomic E-state index is 0.0653. The van der Waals surface area contributed by atoms with Gasteiger partial charge >= 0.3 is 0 Å². The number of carbonyl (C=O) groups is 1. The molecule has 1 aromatic carbocycles. The zero-order chi connectivity index (χ0) is 14.5. The smallest absolute Gasteiger partial charge is 0.278 e. The first-order valence-corrected chi connectivity index (χ1v) is 6.08. The Bertz CT molecular complexity index is 582. The molecule has 0 aliphatic heterocycles. The Morgan fingerprint density at radius 1 is 1.45 bits per heavy atom. The van der Waals surface area contributed by atoms with Crippen molar-refractivity contribution in [3.8, 4) is 0 Å². The lowest BCUT2D eigenvalue weighted by Crippen LogP contribution is -2.22. The van der Waals surface area contributed by atoms with E-state index in [1.165, 1.54) is 30.5 Å². The average Bonchev–Trinajstić information content (AvgIpc) is 2.89. The molecular weight excluding hydrogens is 263 g/mol. The first-order chi connectivity index (χ1) is 9.60. The molecule has 106 valence electrons. The van der Waals surface area contributed by atoms with Gasteiger partial charge in [-0.15, -0.1) is 0 Å². The maximum absolute atomic E-state index is 12.8. The third-order valence-corrected chi connectivity index (χ3v) is 2.63. The lowest BCUT2D eigenvalue weighted by molar-refractivity contribution is 0.102. The largest absolute Gasteiger partial charge is 0.394 e. The highest BCUT2D eigenvalue weighted by Gasteiger charge is 2.16. The number of nitrogens with one attached hydrogen (secondary N) is 3. The fraction of sp³-hybridized carbons (Fsp3) is 0.231. The van der Waals surface area contributed by atoms with Crippen LogP contribution in [-0.4, -0.2) is 33.9 Å². The number of carbonyl (C=O) groups excluding carboxylic acids is 1. The summed E-state index contributed by atoms with van der Waals surface area (Å²) in [7, 11) is 0. The highest BCUT2D eigenvalue weighted by Crippen LogP contribution is 2.16. The van der Waals surface area contributed by atoms with Crippen LogP contribution in [0.25, 0.3) is 0 Å². The Morgan fingerprint density at radius 3 is 2.80 bits per heavy atom. The van der Waals surface area contributed by atoms with Gasteiger partial charge in [0.1, 0.15) is 5.82 Å². The maximum atomic E-state index is 12.8. The van der Waals surface area contributed by atoms with Crippen molar-refractivity contribution in [2.75, 3.05) is 17.2 Å². The van der Waals surface area contributed by atoms with Gasteiger partial charge in [0.25, 0.3) is 5.91 Å². The molecule has 1 atom stereocenters. The molecule has 2 rings (SSSR count). The van der Waals surface area contributed by atoms with E-state index in [1.807, 2.05) is 0 Å². The van der Waals surface area contributed by atoms with Crippen molar-refractivity contribution in [1.29, 1.82) is 0 Å². The van der Waals surface area contributed by atoms with Crippen LogP contribution in [0, 0.1) is 5.82 Å². The molecule has 2 aromatic rings. The first-order valence-electron chi connectivity index (χ1n) is 6.08. The van der Waals surface area contributed by atoms with Crippen molar-refractivity contribution in [1.82, 2.24) is 10.2 Å². The molecule has 7 heteroatoms. The molecule has 1 amide bonds. The van der Waals surface area contributed by atoms with E-state index in [1.54, 1.807) is 6.92 Å². The maximum Gasteiger partial charge on any atom is 0.278 e. The molecule has 4 N–H and O–H groups in total. The third-order valence-electron chi connectivity index (χ3n) is 2.63. The van der Waals surface area contributed by atoms with E-state index in [4.69, 9.17) is 5.11 Å². The van der Waals surface area contributed by atoms with E-state index >= 15 is 0 Å². The summed E-state index contributed by atoms with van der Waals surface area (Å²) in [6, 6.07) is 5.23. The molecule has 0 spiro atoms. The predicted octanol–water partition coefficient (Wildman–Crippen LogP) is 1.59.